The minimum absolute atomic E-state index is 0.464. The van der Waals surface area contributed by atoms with Crippen molar-refractivity contribution in [2.24, 2.45) is 0 Å². The molecule has 0 fully saturated rings. The van der Waals surface area contributed by atoms with Crippen molar-refractivity contribution in [1.82, 2.24) is 19.9 Å². The molecular formula is C10H13N5O2S. The largest absolute Gasteiger partial charge is 0.480 e. The van der Waals surface area contributed by atoms with Crippen LogP contribution in [0, 0.1) is 0 Å². The quantitative estimate of drug-likeness (QED) is 0.716. The molecule has 0 aliphatic carbocycles. The number of aliphatic carboxylic acids is 1. The second-order valence-corrected chi connectivity index (χ2v) is 4.63. The fraction of sp³-hybridized carbons (Fsp3) is 0.400. The normalized spacial score (nSPS) is 12.5. The number of thioether (sulfide) groups is 1. The summed E-state index contributed by atoms with van der Waals surface area (Å²) in [6.45, 7) is 0. The van der Waals surface area contributed by atoms with Crippen LogP contribution < -0.4 is 5.32 Å². The lowest BCUT2D eigenvalue weighted by molar-refractivity contribution is -0.137. The number of hydrogen-bond acceptors (Lipinski definition) is 6. The Morgan fingerprint density at radius 2 is 2.39 bits per heavy atom. The van der Waals surface area contributed by atoms with Crippen molar-refractivity contribution in [2.45, 2.75) is 12.5 Å². The van der Waals surface area contributed by atoms with Crippen LogP contribution in [0.25, 0.3) is 11.2 Å². The van der Waals surface area contributed by atoms with E-state index in [9.17, 15) is 4.79 Å². The number of hydrogen-bond donors (Lipinski definition) is 3. The first kappa shape index (κ1) is 12.6. The molecule has 1 atom stereocenters. The summed E-state index contributed by atoms with van der Waals surface area (Å²) < 4.78 is 0. The topological polar surface area (TPSA) is 104 Å². The number of carboxylic acids is 1. The molecule has 2 aromatic heterocycles. The number of fused-ring (bicyclic) bond motifs is 1. The van der Waals surface area contributed by atoms with Crippen LogP contribution >= 0.6 is 11.8 Å². The summed E-state index contributed by atoms with van der Waals surface area (Å²) in [5.74, 6) is 0.336. The van der Waals surface area contributed by atoms with Gasteiger partial charge < -0.3 is 15.4 Å². The Labute approximate surface area is 107 Å². The summed E-state index contributed by atoms with van der Waals surface area (Å²) in [7, 11) is 0. The maximum absolute atomic E-state index is 11.1. The van der Waals surface area contributed by atoms with Crippen molar-refractivity contribution < 1.29 is 9.90 Å². The lowest BCUT2D eigenvalue weighted by Gasteiger charge is -2.14. The molecule has 0 amide bonds. The molecule has 96 valence electrons. The number of anilines is 1. The fourth-order valence-electron chi connectivity index (χ4n) is 1.53. The minimum atomic E-state index is -0.893. The van der Waals surface area contributed by atoms with Gasteiger partial charge in [0, 0.05) is 0 Å². The lowest BCUT2D eigenvalue weighted by Crippen LogP contribution is -2.30. The Hall–Kier alpha value is -1.83. The number of aromatic amines is 1. The summed E-state index contributed by atoms with van der Waals surface area (Å²) in [6.07, 6.45) is 5.33. The smallest absolute Gasteiger partial charge is 0.326 e. The van der Waals surface area contributed by atoms with E-state index in [1.54, 1.807) is 11.8 Å². The number of H-pyrrole nitrogens is 1. The van der Waals surface area contributed by atoms with Crippen LogP contribution in [0.15, 0.2) is 12.7 Å². The van der Waals surface area contributed by atoms with Gasteiger partial charge in [-0.3, -0.25) is 0 Å². The summed E-state index contributed by atoms with van der Waals surface area (Å²) >= 11 is 1.61. The highest BCUT2D eigenvalue weighted by atomic mass is 32.2. The van der Waals surface area contributed by atoms with Crippen LogP contribution in [0.1, 0.15) is 6.42 Å². The van der Waals surface area contributed by atoms with Crippen LogP contribution in [0.2, 0.25) is 0 Å². The van der Waals surface area contributed by atoms with E-state index in [0.717, 1.165) is 5.75 Å². The van der Waals surface area contributed by atoms with Gasteiger partial charge >= 0.3 is 5.97 Å². The number of nitrogens with zero attached hydrogens (tertiary/aromatic N) is 3. The number of nitrogens with one attached hydrogen (secondary N) is 2. The summed E-state index contributed by atoms with van der Waals surface area (Å²) in [4.78, 5) is 26.0. The van der Waals surface area contributed by atoms with Gasteiger partial charge in [-0.2, -0.15) is 11.8 Å². The highest BCUT2D eigenvalue weighted by molar-refractivity contribution is 7.98. The number of aromatic nitrogens is 4. The van der Waals surface area contributed by atoms with E-state index in [-0.39, 0.29) is 0 Å². The lowest BCUT2D eigenvalue weighted by atomic mass is 10.2. The summed E-state index contributed by atoms with van der Waals surface area (Å²) in [6, 6.07) is -0.668. The van der Waals surface area contributed by atoms with Crippen molar-refractivity contribution >= 4 is 34.7 Å². The molecule has 0 bridgehead atoms. The highest BCUT2D eigenvalue weighted by Gasteiger charge is 2.18. The third-order valence-corrected chi connectivity index (χ3v) is 3.09. The molecule has 0 aliphatic heterocycles. The third-order valence-electron chi connectivity index (χ3n) is 2.44. The van der Waals surface area contributed by atoms with E-state index in [2.05, 4.69) is 25.3 Å². The van der Waals surface area contributed by atoms with Gasteiger partial charge in [0.15, 0.2) is 11.5 Å². The zero-order valence-corrected chi connectivity index (χ0v) is 10.6. The minimum Gasteiger partial charge on any atom is -0.480 e. The van der Waals surface area contributed by atoms with E-state index in [1.165, 1.54) is 12.7 Å². The van der Waals surface area contributed by atoms with Gasteiger partial charge in [0.05, 0.1) is 6.33 Å². The van der Waals surface area contributed by atoms with Crippen LogP contribution in [0.5, 0.6) is 0 Å². The maximum Gasteiger partial charge on any atom is 0.326 e. The van der Waals surface area contributed by atoms with Crippen LogP contribution in [-0.4, -0.2) is 49.1 Å². The second-order valence-electron chi connectivity index (χ2n) is 3.64. The molecule has 7 nitrogen and oxygen atoms in total. The maximum atomic E-state index is 11.1. The molecule has 0 spiro atoms. The van der Waals surface area contributed by atoms with Gasteiger partial charge in [-0.15, -0.1) is 0 Å². The average Bonchev–Trinajstić information content (AvgIpc) is 2.83. The van der Waals surface area contributed by atoms with E-state index < -0.39 is 12.0 Å². The Bertz CT molecular complexity index is 544. The summed E-state index contributed by atoms with van der Waals surface area (Å²) in [5.41, 5.74) is 1.13. The van der Waals surface area contributed by atoms with Crippen LogP contribution in [0.3, 0.4) is 0 Å². The Balaban J connectivity index is 2.20. The monoisotopic (exact) mass is 267 g/mol. The fourth-order valence-corrected chi connectivity index (χ4v) is 2.00. The van der Waals surface area contributed by atoms with Crippen molar-refractivity contribution in [1.29, 1.82) is 0 Å². The van der Waals surface area contributed by atoms with Crippen LogP contribution in [0.4, 0.5) is 5.82 Å². The van der Waals surface area contributed by atoms with Gasteiger partial charge in [-0.1, -0.05) is 0 Å². The second kappa shape index (κ2) is 5.67. The number of carboxylic acid groups (broad SMARTS) is 1. The molecule has 0 saturated heterocycles. The predicted octanol–water partition coefficient (Wildman–Crippen LogP) is 0.971. The van der Waals surface area contributed by atoms with Crippen LogP contribution in [-0.2, 0) is 4.79 Å². The average molecular weight is 267 g/mol. The molecule has 0 unspecified atom stereocenters. The van der Waals surface area contributed by atoms with Crippen molar-refractivity contribution in [3.63, 3.8) is 0 Å². The molecule has 8 heteroatoms. The molecule has 0 radical (unpaired) electrons. The molecule has 18 heavy (non-hydrogen) atoms. The first-order valence-corrected chi connectivity index (χ1v) is 6.74. The zero-order chi connectivity index (χ0) is 13.0. The van der Waals surface area contributed by atoms with Crippen molar-refractivity contribution in [3.8, 4) is 0 Å². The SMILES string of the molecule is CSCC[C@@H](Nc1ncnc2nc[nH]c12)C(=O)O. The van der Waals surface area contributed by atoms with E-state index in [1.807, 2.05) is 6.26 Å². The van der Waals surface area contributed by atoms with E-state index in [4.69, 9.17) is 5.11 Å². The predicted molar refractivity (Wildman–Crippen MR) is 69.7 cm³/mol. The number of imidazole rings is 1. The Kier molecular flexibility index (Phi) is 3.98. The Morgan fingerprint density at radius 3 is 3.11 bits per heavy atom. The van der Waals surface area contributed by atoms with E-state index >= 15 is 0 Å². The molecule has 2 aromatic rings. The molecule has 3 N–H and O–H groups in total. The van der Waals surface area contributed by atoms with Crippen molar-refractivity contribution in [3.05, 3.63) is 12.7 Å². The van der Waals surface area contributed by atoms with Gasteiger partial charge in [-0.25, -0.2) is 19.7 Å². The summed E-state index contributed by atoms with van der Waals surface area (Å²) in [5, 5.41) is 12.1. The first-order chi connectivity index (χ1) is 8.72. The Morgan fingerprint density at radius 1 is 1.56 bits per heavy atom. The number of rotatable bonds is 6. The third kappa shape index (κ3) is 2.70. The molecule has 2 heterocycles. The molecule has 0 aromatic carbocycles. The molecule has 0 aliphatic rings. The van der Waals surface area contributed by atoms with Gasteiger partial charge in [0.2, 0.25) is 0 Å². The first-order valence-electron chi connectivity index (χ1n) is 5.34. The van der Waals surface area contributed by atoms with Gasteiger partial charge in [-0.05, 0) is 18.4 Å². The molecule has 2 rings (SSSR count). The highest BCUT2D eigenvalue weighted by Crippen LogP contribution is 2.16. The zero-order valence-electron chi connectivity index (χ0n) is 9.75. The number of carbonyl (C=O) groups is 1. The van der Waals surface area contributed by atoms with Gasteiger partial charge in [0.1, 0.15) is 17.9 Å². The standard InChI is InChI=1S/C10H13N5O2S/c1-18-3-2-6(10(16)17)15-9-7-8(12-4-11-7)13-5-14-9/h4-6H,2-3H2,1H3,(H,16,17)(H2,11,12,13,14,15)/t6-/m1/s1. The van der Waals surface area contributed by atoms with Gasteiger partial charge in [0.25, 0.3) is 0 Å². The molecular weight excluding hydrogens is 254 g/mol. The molecule has 0 saturated carbocycles. The van der Waals surface area contributed by atoms with E-state index in [0.29, 0.717) is 23.4 Å². The van der Waals surface area contributed by atoms with Crippen molar-refractivity contribution in [2.75, 3.05) is 17.3 Å².